The first-order valence-corrected chi connectivity index (χ1v) is 7.41. The first kappa shape index (κ1) is 16.5. The summed E-state index contributed by atoms with van der Waals surface area (Å²) in [6.45, 7) is 2.89. The van der Waals surface area contributed by atoms with Crippen molar-refractivity contribution in [2.45, 2.75) is 52.3 Å². The van der Waals surface area contributed by atoms with Crippen LogP contribution in [0, 0.1) is 0 Å². The van der Waals surface area contributed by atoms with Gasteiger partial charge in [-0.15, -0.1) is 0 Å². The molecule has 1 aromatic carbocycles. The van der Waals surface area contributed by atoms with Crippen LogP contribution in [0.3, 0.4) is 0 Å². The van der Waals surface area contributed by atoms with E-state index < -0.39 is 12.7 Å². The lowest BCUT2D eigenvalue weighted by atomic mass is 9.97. The number of nitrogens with zero attached hydrogens (tertiary/aromatic N) is 2. The molecule has 0 radical (unpaired) electrons. The van der Waals surface area contributed by atoms with Crippen molar-refractivity contribution in [3.05, 3.63) is 17.2 Å². The average Bonchev–Trinajstić information content (AvgIpc) is 2.70. The van der Waals surface area contributed by atoms with Crippen molar-refractivity contribution in [2.75, 3.05) is 11.5 Å². The smallest absolute Gasteiger partial charge is 0.397 e. The van der Waals surface area contributed by atoms with Crippen LogP contribution in [0.5, 0.6) is 0 Å². The maximum atomic E-state index is 12.8. The van der Waals surface area contributed by atoms with Crippen LogP contribution >= 0.6 is 0 Å². The Morgan fingerprint density at radius 3 is 2.32 bits per heavy atom. The molecule has 7 heteroatoms. The summed E-state index contributed by atoms with van der Waals surface area (Å²) >= 11 is 0. The van der Waals surface area contributed by atoms with E-state index in [4.69, 9.17) is 11.5 Å². The Morgan fingerprint density at radius 2 is 1.77 bits per heavy atom. The van der Waals surface area contributed by atoms with E-state index in [1.54, 1.807) is 6.07 Å². The largest absolute Gasteiger partial charge is 0.406 e. The predicted octanol–water partition coefficient (Wildman–Crippen LogP) is 3.67. The van der Waals surface area contributed by atoms with Crippen LogP contribution in [0.15, 0.2) is 6.07 Å². The van der Waals surface area contributed by atoms with E-state index in [1.807, 2.05) is 13.8 Å². The molecular formula is C15H21F3N4. The third kappa shape index (κ3) is 3.13. The van der Waals surface area contributed by atoms with Crippen molar-refractivity contribution in [1.82, 2.24) is 9.55 Å². The highest BCUT2D eigenvalue weighted by molar-refractivity contribution is 5.93. The summed E-state index contributed by atoms with van der Waals surface area (Å²) in [5.41, 5.74) is 14.8. The zero-order valence-electron chi connectivity index (χ0n) is 12.8. The Labute approximate surface area is 127 Å². The maximum absolute atomic E-state index is 12.8. The molecule has 22 heavy (non-hydrogen) atoms. The maximum Gasteiger partial charge on any atom is 0.406 e. The second kappa shape index (κ2) is 6.06. The van der Waals surface area contributed by atoms with Crippen LogP contribution in [0.4, 0.5) is 24.8 Å². The van der Waals surface area contributed by atoms with E-state index in [1.165, 1.54) is 0 Å². The van der Waals surface area contributed by atoms with Crippen molar-refractivity contribution >= 4 is 22.7 Å². The normalized spacial score (nSPS) is 12.2. The highest BCUT2D eigenvalue weighted by atomic mass is 19.4. The van der Waals surface area contributed by atoms with Crippen molar-refractivity contribution in [3.8, 4) is 0 Å². The third-order valence-corrected chi connectivity index (χ3v) is 3.63. The monoisotopic (exact) mass is 314 g/mol. The van der Waals surface area contributed by atoms with Crippen LogP contribution in [0.1, 0.15) is 37.8 Å². The summed E-state index contributed by atoms with van der Waals surface area (Å²) < 4.78 is 39.2. The molecule has 1 aromatic heterocycles. The lowest BCUT2D eigenvalue weighted by molar-refractivity contribution is -0.139. The van der Waals surface area contributed by atoms with Gasteiger partial charge in [0, 0.05) is 0 Å². The number of halogens is 3. The minimum absolute atomic E-state index is 0.148. The Morgan fingerprint density at radius 1 is 1.14 bits per heavy atom. The molecule has 0 unspecified atom stereocenters. The number of alkyl halides is 3. The summed E-state index contributed by atoms with van der Waals surface area (Å²) in [4.78, 5) is 4.18. The highest BCUT2D eigenvalue weighted by Crippen LogP contribution is 2.33. The molecule has 0 amide bonds. The van der Waals surface area contributed by atoms with Gasteiger partial charge in [-0.05, 0) is 30.0 Å². The average molecular weight is 314 g/mol. The van der Waals surface area contributed by atoms with Crippen LogP contribution in [-0.4, -0.2) is 15.7 Å². The van der Waals surface area contributed by atoms with Crippen molar-refractivity contribution in [1.29, 1.82) is 0 Å². The molecule has 122 valence electrons. The number of rotatable bonds is 5. The molecule has 0 atom stereocenters. The van der Waals surface area contributed by atoms with Gasteiger partial charge in [-0.1, -0.05) is 26.7 Å². The predicted molar refractivity (Wildman–Crippen MR) is 82.6 cm³/mol. The molecule has 0 saturated carbocycles. The van der Waals surface area contributed by atoms with E-state index in [-0.39, 0.29) is 11.5 Å². The van der Waals surface area contributed by atoms with Gasteiger partial charge in [0.1, 0.15) is 6.54 Å². The summed E-state index contributed by atoms with van der Waals surface area (Å²) in [7, 11) is 0. The number of anilines is 2. The number of aryl methyl sites for hydroxylation is 2. The molecule has 2 rings (SSSR count). The zero-order chi connectivity index (χ0) is 16.5. The molecule has 1 heterocycles. The van der Waals surface area contributed by atoms with Gasteiger partial charge in [0.15, 0.2) is 0 Å². The second-order valence-electron chi connectivity index (χ2n) is 5.47. The summed E-state index contributed by atoms with van der Waals surface area (Å²) in [5, 5.41) is 0. The number of aromatic nitrogens is 2. The number of benzene rings is 1. The fourth-order valence-electron chi connectivity index (χ4n) is 2.83. The summed E-state index contributed by atoms with van der Waals surface area (Å²) in [5.74, 6) is -0.148. The Kier molecular flexibility index (Phi) is 4.53. The first-order valence-electron chi connectivity index (χ1n) is 7.41. The zero-order valence-corrected chi connectivity index (χ0v) is 12.8. The van der Waals surface area contributed by atoms with Gasteiger partial charge in [0.2, 0.25) is 5.95 Å². The van der Waals surface area contributed by atoms with Crippen molar-refractivity contribution in [3.63, 3.8) is 0 Å². The van der Waals surface area contributed by atoms with Gasteiger partial charge in [-0.3, -0.25) is 4.57 Å². The standard InChI is InChI=1S/C15H21F3N4/c1-3-5-9-7-11(19)13-12(10(9)6-4-2)21-14(20)22(13)8-15(16,17)18/h7H,3-6,8,19H2,1-2H3,(H2,20,21). The minimum Gasteiger partial charge on any atom is -0.397 e. The molecule has 4 nitrogen and oxygen atoms in total. The van der Waals surface area contributed by atoms with Gasteiger partial charge in [-0.2, -0.15) is 13.2 Å². The van der Waals surface area contributed by atoms with E-state index >= 15 is 0 Å². The quantitative estimate of drug-likeness (QED) is 0.827. The SMILES string of the molecule is CCCc1cc(N)c2c(nc(N)n2CC(F)(F)F)c1CCC. The van der Waals surface area contributed by atoms with Gasteiger partial charge in [-0.25, -0.2) is 4.98 Å². The third-order valence-electron chi connectivity index (χ3n) is 3.63. The van der Waals surface area contributed by atoms with Crippen LogP contribution in [0.25, 0.3) is 11.0 Å². The lowest BCUT2D eigenvalue weighted by Gasteiger charge is -2.14. The Balaban J connectivity index is 2.71. The molecule has 2 aromatic rings. The van der Waals surface area contributed by atoms with Crippen molar-refractivity contribution < 1.29 is 13.2 Å². The number of nitrogens with two attached hydrogens (primary N) is 2. The number of hydrogen-bond donors (Lipinski definition) is 2. The minimum atomic E-state index is -4.37. The fourth-order valence-corrected chi connectivity index (χ4v) is 2.83. The molecule has 0 fully saturated rings. The fraction of sp³-hybridized carbons (Fsp3) is 0.533. The van der Waals surface area contributed by atoms with Crippen LogP contribution in [-0.2, 0) is 19.4 Å². The first-order chi connectivity index (χ1) is 10.3. The van der Waals surface area contributed by atoms with E-state index in [2.05, 4.69) is 4.98 Å². The number of fused-ring (bicyclic) bond motifs is 1. The van der Waals surface area contributed by atoms with E-state index in [9.17, 15) is 13.2 Å². The molecule has 0 bridgehead atoms. The number of nitrogen functional groups attached to an aromatic ring is 2. The molecule has 0 aliphatic rings. The van der Waals surface area contributed by atoms with Gasteiger partial charge in [0.05, 0.1) is 16.7 Å². The molecule has 0 saturated heterocycles. The van der Waals surface area contributed by atoms with Crippen LogP contribution in [0.2, 0.25) is 0 Å². The van der Waals surface area contributed by atoms with Gasteiger partial charge < -0.3 is 11.5 Å². The van der Waals surface area contributed by atoms with Crippen molar-refractivity contribution in [2.24, 2.45) is 0 Å². The summed E-state index contributed by atoms with van der Waals surface area (Å²) in [6.07, 6.45) is -1.00. The number of imidazole rings is 1. The van der Waals surface area contributed by atoms with Crippen LogP contribution < -0.4 is 11.5 Å². The molecular weight excluding hydrogens is 293 g/mol. The Hall–Kier alpha value is -1.92. The van der Waals surface area contributed by atoms with E-state index in [0.717, 1.165) is 41.4 Å². The number of hydrogen-bond acceptors (Lipinski definition) is 3. The lowest BCUT2D eigenvalue weighted by Crippen LogP contribution is -2.19. The molecule has 4 N–H and O–H groups in total. The topological polar surface area (TPSA) is 69.9 Å². The van der Waals surface area contributed by atoms with Gasteiger partial charge >= 0.3 is 6.18 Å². The highest BCUT2D eigenvalue weighted by Gasteiger charge is 2.31. The molecule has 0 aliphatic carbocycles. The second-order valence-corrected chi connectivity index (χ2v) is 5.47. The molecule has 0 aliphatic heterocycles. The Bertz CT molecular complexity index is 674. The molecule has 0 spiro atoms. The van der Waals surface area contributed by atoms with Gasteiger partial charge in [0.25, 0.3) is 0 Å². The summed E-state index contributed by atoms with van der Waals surface area (Å²) in [6, 6.07) is 1.77. The van der Waals surface area contributed by atoms with E-state index in [0.29, 0.717) is 11.2 Å².